The first-order valence-corrected chi connectivity index (χ1v) is 5.03. The van der Waals surface area contributed by atoms with E-state index in [9.17, 15) is 0 Å². The Kier molecular flexibility index (Phi) is 2.73. The van der Waals surface area contributed by atoms with E-state index in [0.29, 0.717) is 0 Å². The summed E-state index contributed by atoms with van der Waals surface area (Å²) in [6, 6.07) is 8.10. The number of rotatable bonds is 1. The van der Waals surface area contributed by atoms with E-state index in [1.54, 1.807) is 7.11 Å². The fraction of sp³-hybridized carbons (Fsp3) is 0.364. The van der Waals surface area contributed by atoms with Crippen LogP contribution < -0.4 is 0 Å². The molecule has 0 bridgehead atoms. The normalized spacial score (nSPS) is 20.7. The molecule has 3 heteroatoms. The van der Waals surface area contributed by atoms with Crippen LogP contribution in [0.5, 0.6) is 0 Å². The van der Waals surface area contributed by atoms with E-state index in [2.05, 4.69) is 4.99 Å². The molecule has 2 rings (SSSR count). The van der Waals surface area contributed by atoms with Crippen molar-refractivity contribution in [2.75, 3.05) is 7.11 Å². The molecule has 1 heterocycles. The average Bonchev–Trinajstić information content (AvgIpc) is 2.67. The minimum Gasteiger partial charge on any atom is -0.484 e. The Bertz CT molecular complexity index is 345. The molecule has 1 aromatic rings. The largest absolute Gasteiger partial charge is 0.484 e. The van der Waals surface area contributed by atoms with Gasteiger partial charge in [0.2, 0.25) is 0 Å². The van der Waals surface area contributed by atoms with Gasteiger partial charge in [-0.25, -0.2) is 4.99 Å². The van der Waals surface area contributed by atoms with Gasteiger partial charge in [-0.3, -0.25) is 0 Å². The number of hydrogen-bond acceptors (Lipinski definition) is 2. The SMILES string of the molecule is COC1=NC(c2ccc(Cl)cc2)CC1. The van der Waals surface area contributed by atoms with Gasteiger partial charge in [-0.15, -0.1) is 0 Å². The van der Waals surface area contributed by atoms with E-state index in [1.807, 2.05) is 24.3 Å². The molecule has 0 saturated heterocycles. The van der Waals surface area contributed by atoms with Crippen molar-refractivity contribution in [1.82, 2.24) is 0 Å². The quantitative estimate of drug-likeness (QED) is 0.696. The lowest BCUT2D eigenvalue weighted by Gasteiger charge is -2.05. The van der Waals surface area contributed by atoms with Crippen molar-refractivity contribution in [1.29, 1.82) is 0 Å². The van der Waals surface area contributed by atoms with E-state index in [4.69, 9.17) is 16.3 Å². The molecule has 0 N–H and O–H groups in total. The fourth-order valence-corrected chi connectivity index (χ4v) is 1.77. The summed E-state index contributed by atoms with van der Waals surface area (Å²) in [4.78, 5) is 4.46. The van der Waals surface area contributed by atoms with Crippen LogP contribution in [0.25, 0.3) is 0 Å². The van der Waals surface area contributed by atoms with Crippen molar-refractivity contribution in [3.8, 4) is 0 Å². The van der Waals surface area contributed by atoms with Gasteiger partial charge < -0.3 is 4.74 Å². The van der Waals surface area contributed by atoms with Crippen LogP contribution in [0.3, 0.4) is 0 Å². The first-order valence-electron chi connectivity index (χ1n) is 4.66. The molecule has 1 unspecified atom stereocenters. The summed E-state index contributed by atoms with van der Waals surface area (Å²) in [5, 5.41) is 0.766. The van der Waals surface area contributed by atoms with Crippen LogP contribution in [0.2, 0.25) is 5.02 Å². The third-order valence-electron chi connectivity index (χ3n) is 2.42. The molecule has 0 amide bonds. The summed E-state index contributed by atoms with van der Waals surface area (Å²) in [6.07, 6.45) is 1.97. The van der Waals surface area contributed by atoms with Crippen molar-refractivity contribution >= 4 is 17.5 Å². The number of nitrogens with zero attached hydrogens (tertiary/aromatic N) is 1. The maximum Gasteiger partial charge on any atom is 0.183 e. The summed E-state index contributed by atoms with van der Waals surface area (Å²) in [5.74, 6) is 0.852. The predicted octanol–water partition coefficient (Wildman–Crippen LogP) is 3.22. The highest BCUT2D eigenvalue weighted by Gasteiger charge is 2.19. The molecule has 1 aliphatic rings. The maximum atomic E-state index is 5.81. The van der Waals surface area contributed by atoms with Crippen LogP contribution in [0.4, 0.5) is 0 Å². The molecule has 0 fully saturated rings. The second kappa shape index (κ2) is 4.01. The van der Waals surface area contributed by atoms with Gasteiger partial charge in [0.15, 0.2) is 5.90 Å². The Balaban J connectivity index is 2.17. The molecular formula is C11H12ClNO. The molecule has 0 saturated carbocycles. The van der Waals surface area contributed by atoms with Crippen LogP contribution >= 0.6 is 11.6 Å². The third-order valence-corrected chi connectivity index (χ3v) is 2.67. The summed E-state index contributed by atoms with van der Waals surface area (Å²) in [6.45, 7) is 0. The minimum absolute atomic E-state index is 0.252. The van der Waals surface area contributed by atoms with Crippen LogP contribution in [-0.4, -0.2) is 13.0 Å². The van der Waals surface area contributed by atoms with Gasteiger partial charge in [0.05, 0.1) is 13.2 Å². The molecular weight excluding hydrogens is 198 g/mol. The lowest BCUT2D eigenvalue weighted by molar-refractivity contribution is 0.395. The summed E-state index contributed by atoms with van der Waals surface area (Å²) < 4.78 is 5.11. The van der Waals surface area contributed by atoms with E-state index in [0.717, 1.165) is 23.8 Å². The van der Waals surface area contributed by atoms with E-state index in [-0.39, 0.29) is 6.04 Å². The molecule has 14 heavy (non-hydrogen) atoms. The maximum absolute atomic E-state index is 5.81. The van der Waals surface area contributed by atoms with Gasteiger partial charge >= 0.3 is 0 Å². The predicted molar refractivity (Wildman–Crippen MR) is 57.9 cm³/mol. The first kappa shape index (κ1) is 9.53. The minimum atomic E-state index is 0.252. The number of ether oxygens (including phenoxy) is 1. The lowest BCUT2D eigenvalue weighted by atomic mass is 10.1. The Hall–Kier alpha value is -1.02. The molecule has 0 radical (unpaired) electrons. The molecule has 74 valence electrons. The van der Waals surface area contributed by atoms with Crippen LogP contribution in [-0.2, 0) is 4.74 Å². The van der Waals surface area contributed by atoms with Crippen molar-refractivity contribution < 1.29 is 4.74 Å². The summed E-state index contributed by atoms with van der Waals surface area (Å²) in [5.41, 5.74) is 1.21. The van der Waals surface area contributed by atoms with Crippen molar-refractivity contribution in [2.45, 2.75) is 18.9 Å². The van der Waals surface area contributed by atoms with Gasteiger partial charge in [0, 0.05) is 11.4 Å². The monoisotopic (exact) mass is 209 g/mol. The summed E-state index contributed by atoms with van der Waals surface area (Å²) in [7, 11) is 1.67. The smallest absolute Gasteiger partial charge is 0.183 e. The van der Waals surface area contributed by atoms with E-state index in [1.165, 1.54) is 5.56 Å². The zero-order valence-electron chi connectivity index (χ0n) is 8.03. The van der Waals surface area contributed by atoms with Gasteiger partial charge in [-0.2, -0.15) is 0 Å². The lowest BCUT2D eigenvalue weighted by Crippen LogP contribution is -1.93. The van der Waals surface area contributed by atoms with Gasteiger partial charge in [0.25, 0.3) is 0 Å². The highest BCUT2D eigenvalue weighted by atomic mass is 35.5. The molecule has 2 nitrogen and oxygen atoms in total. The van der Waals surface area contributed by atoms with Crippen molar-refractivity contribution in [3.63, 3.8) is 0 Å². The van der Waals surface area contributed by atoms with Gasteiger partial charge in [-0.1, -0.05) is 23.7 Å². The second-order valence-electron chi connectivity index (χ2n) is 3.33. The first-order chi connectivity index (χ1) is 6.79. The second-order valence-corrected chi connectivity index (χ2v) is 3.77. The van der Waals surface area contributed by atoms with Crippen molar-refractivity contribution in [2.24, 2.45) is 4.99 Å². The third kappa shape index (κ3) is 1.90. The fourth-order valence-electron chi connectivity index (χ4n) is 1.64. The number of methoxy groups -OCH3 is 1. The molecule has 1 aromatic carbocycles. The molecule has 0 spiro atoms. The Morgan fingerprint density at radius 1 is 1.36 bits per heavy atom. The zero-order valence-corrected chi connectivity index (χ0v) is 8.79. The summed E-state index contributed by atoms with van der Waals surface area (Å²) >= 11 is 5.81. The molecule has 0 aliphatic carbocycles. The van der Waals surface area contributed by atoms with Gasteiger partial charge in [0.1, 0.15) is 0 Å². The molecule has 1 aliphatic heterocycles. The Morgan fingerprint density at radius 2 is 2.07 bits per heavy atom. The zero-order chi connectivity index (χ0) is 9.97. The Morgan fingerprint density at radius 3 is 2.64 bits per heavy atom. The van der Waals surface area contributed by atoms with Crippen LogP contribution in [0.15, 0.2) is 29.3 Å². The van der Waals surface area contributed by atoms with Gasteiger partial charge in [-0.05, 0) is 24.1 Å². The topological polar surface area (TPSA) is 21.6 Å². The number of halogens is 1. The Labute approximate surface area is 88.6 Å². The van der Waals surface area contributed by atoms with E-state index >= 15 is 0 Å². The van der Waals surface area contributed by atoms with Crippen LogP contribution in [0.1, 0.15) is 24.4 Å². The highest BCUT2D eigenvalue weighted by Crippen LogP contribution is 2.29. The standard InChI is InChI=1S/C11H12ClNO/c1-14-11-7-6-10(13-11)8-2-4-9(12)5-3-8/h2-5,10H,6-7H2,1H3. The van der Waals surface area contributed by atoms with Crippen molar-refractivity contribution in [3.05, 3.63) is 34.9 Å². The van der Waals surface area contributed by atoms with Crippen LogP contribution in [0, 0.1) is 0 Å². The average molecular weight is 210 g/mol. The van der Waals surface area contributed by atoms with E-state index < -0.39 is 0 Å². The molecule has 0 aromatic heterocycles. The number of aliphatic imine (C=N–C) groups is 1. The molecule has 1 atom stereocenters. The number of hydrogen-bond donors (Lipinski definition) is 0. The highest BCUT2D eigenvalue weighted by molar-refractivity contribution is 6.30. The number of benzene rings is 1.